The van der Waals surface area contributed by atoms with Crippen molar-refractivity contribution in [3.63, 3.8) is 0 Å². The molecule has 2 rings (SSSR count). The van der Waals surface area contributed by atoms with Gasteiger partial charge < -0.3 is 0 Å². The van der Waals surface area contributed by atoms with Gasteiger partial charge in [0.05, 0.1) is 11.9 Å². The fraction of sp³-hybridized carbons (Fsp3) is 0.143. The van der Waals surface area contributed by atoms with E-state index in [4.69, 9.17) is 5.26 Å². The molecule has 2 heterocycles. The Morgan fingerprint density at radius 2 is 2.42 bits per heavy atom. The number of aromatic nitrogens is 4. The van der Waals surface area contributed by atoms with Crippen molar-refractivity contribution in [3.8, 4) is 6.07 Å². The Hall–Kier alpha value is -1.96. The molecule has 0 bridgehead atoms. The molecular formula is C7H5N5. The zero-order valence-electron chi connectivity index (χ0n) is 6.37. The second kappa shape index (κ2) is 2.27. The quantitative estimate of drug-likeness (QED) is 0.608. The SMILES string of the molecule is Cc1cnc2n[nH]c(C#N)c2n1. The van der Waals surface area contributed by atoms with Crippen LogP contribution in [0.25, 0.3) is 11.2 Å². The van der Waals surface area contributed by atoms with Gasteiger partial charge in [0.15, 0.2) is 5.69 Å². The van der Waals surface area contributed by atoms with Gasteiger partial charge in [-0.25, -0.2) is 9.97 Å². The van der Waals surface area contributed by atoms with Crippen LogP contribution in [0.5, 0.6) is 0 Å². The second-order valence-corrected chi connectivity index (χ2v) is 2.39. The summed E-state index contributed by atoms with van der Waals surface area (Å²) >= 11 is 0. The van der Waals surface area contributed by atoms with E-state index in [1.54, 1.807) is 6.20 Å². The van der Waals surface area contributed by atoms with Crippen molar-refractivity contribution < 1.29 is 0 Å². The zero-order valence-corrected chi connectivity index (χ0v) is 6.37. The summed E-state index contributed by atoms with van der Waals surface area (Å²) in [5, 5.41) is 15.0. The number of aromatic amines is 1. The summed E-state index contributed by atoms with van der Waals surface area (Å²) in [6.07, 6.45) is 1.62. The van der Waals surface area contributed by atoms with Crippen LogP contribution in [0.4, 0.5) is 0 Å². The zero-order chi connectivity index (χ0) is 8.55. The molecule has 0 amide bonds. The standard InChI is InChI=1S/C7H5N5/c1-4-3-9-7-6(10-4)5(2-8)11-12-7/h3H,1H3,(H,9,11,12). The summed E-state index contributed by atoms with van der Waals surface area (Å²) in [5.74, 6) is 0. The van der Waals surface area contributed by atoms with E-state index in [2.05, 4.69) is 20.2 Å². The van der Waals surface area contributed by atoms with Crippen molar-refractivity contribution in [2.45, 2.75) is 6.92 Å². The summed E-state index contributed by atoms with van der Waals surface area (Å²) in [6.45, 7) is 1.82. The molecule has 0 aromatic carbocycles. The van der Waals surface area contributed by atoms with Crippen LogP contribution >= 0.6 is 0 Å². The van der Waals surface area contributed by atoms with E-state index in [1.165, 1.54) is 0 Å². The molecule has 2 aromatic rings. The minimum absolute atomic E-state index is 0.362. The van der Waals surface area contributed by atoms with E-state index >= 15 is 0 Å². The molecule has 0 atom stereocenters. The molecular weight excluding hydrogens is 154 g/mol. The van der Waals surface area contributed by atoms with Gasteiger partial charge in [-0.05, 0) is 6.92 Å². The molecule has 1 N–H and O–H groups in total. The molecule has 0 fully saturated rings. The second-order valence-electron chi connectivity index (χ2n) is 2.39. The average molecular weight is 159 g/mol. The summed E-state index contributed by atoms with van der Waals surface area (Å²) in [7, 11) is 0. The van der Waals surface area contributed by atoms with Crippen LogP contribution in [0.15, 0.2) is 6.20 Å². The number of nitriles is 1. The van der Waals surface area contributed by atoms with Gasteiger partial charge in [-0.3, -0.25) is 5.10 Å². The summed E-state index contributed by atoms with van der Waals surface area (Å²) in [4.78, 5) is 8.12. The van der Waals surface area contributed by atoms with E-state index in [-0.39, 0.29) is 0 Å². The largest absolute Gasteiger partial charge is 0.264 e. The first-order chi connectivity index (χ1) is 5.81. The van der Waals surface area contributed by atoms with E-state index < -0.39 is 0 Å². The van der Waals surface area contributed by atoms with E-state index in [1.807, 2.05) is 13.0 Å². The Labute approximate surface area is 68.1 Å². The number of hydrogen-bond donors (Lipinski definition) is 1. The Morgan fingerprint density at radius 3 is 3.17 bits per heavy atom. The van der Waals surface area contributed by atoms with Gasteiger partial charge in [0.2, 0.25) is 5.65 Å². The van der Waals surface area contributed by atoms with Crippen molar-refractivity contribution in [1.29, 1.82) is 5.26 Å². The maximum atomic E-state index is 8.63. The highest BCUT2D eigenvalue weighted by atomic mass is 15.2. The maximum Gasteiger partial charge on any atom is 0.201 e. The predicted octanol–water partition coefficient (Wildman–Crippen LogP) is 0.533. The average Bonchev–Trinajstić information content (AvgIpc) is 2.46. The van der Waals surface area contributed by atoms with E-state index in [0.29, 0.717) is 16.9 Å². The van der Waals surface area contributed by atoms with Crippen molar-refractivity contribution in [2.75, 3.05) is 0 Å². The van der Waals surface area contributed by atoms with Gasteiger partial charge in [-0.1, -0.05) is 0 Å². The fourth-order valence-corrected chi connectivity index (χ4v) is 0.960. The molecule has 5 nitrogen and oxygen atoms in total. The molecule has 0 saturated heterocycles. The summed E-state index contributed by atoms with van der Waals surface area (Å²) in [5.41, 5.74) is 2.16. The van der Waals surface area contributed by atoms with Gasteiger partial charge in [-0.15, -0.1) is 0 Å². The molecule has 0 aliphatic heterocycles. The molecule has 12 heavy (non-hydrogen) atoms. The number of nitrogens with zero attached hydrogens (tertiary/aromatic N) is 4. The van der Waals surface area contributed by atoms with Gasteiger partial charge in [0.25, 0.3) is 0 Å². The third-order valence-corrected chi connectivity index (χ3v) is 1.50. The van der Waals surface area contributed by atoms with Crippen LogP contribution in [0.2, 0.25) is 0 Å². The molecule has 58 valence electrons. The highest BCUT2D eigenvalue weighted by molar-refractivity contribution is 5.75. The van der Waals surface area contributed by atoms with Crippen LogP contribution < -0.4 is 0 Å². The molecule has 5 heteroatoms. The first-order valence-corrected chi connectivity index (χ1v) is 3.39. The minimum Gasteiger partial charge on any atom is -0.264 e. The number of aryl methyl sites for hydroxylation is 1. The first kappa shape index (κ1) is 6.73. The van der Waals surface area contributed by atoms with Gasteiger partial charge in [0, 0.05) is 0 Å². The molecule has 0 unspecified atom stereocenters. The molecule has 0 aliphatic carbocycles. The Bertz CT molecular complexity index is 464. The minimum atomic E-state index is 0.362. The highest BCUT2D eigenvalue weighted by Gasteiger charge is 2.05. The van der Waals surface area contributed by atoms with Gasteiger partial charge in [-0.2, -0.15) is 10.4 Å². The monoisotopic (exact) mass is 159 g/mol. The van der Waals surface area contributed by atoms with Crippen LogP contribution in [-0.4, -0.2) is 20.2 Å². The smallest absolute Gasteiger partial charge is 0.201 e. The van der Waals surface area contributed by atoms with Gasteiger partial charge in [0.1, 0.15) is 11.6 Å². The number of H-pyrrole nitrogens is 1. The number of rotatable bonds is 0. The Balaban J connectivity index is 2.86. The lowest BCUT2D eigenvalue weighted by Gasteiger charge is -1.88. The summed E-state index contributed by atoms with van der Waals surface area (Å²) in [6, 6.07) is 1.96. The van der Waals surface area contributed by atoms with Crippen molar-refractivity contribution in [1.82, 2.24) is 20.2 Å². The molecule has 0 spiro atoms. The lowest BCUT2D eigenvalue weighted by atomic mass is 10.4. The van der Waals surface area contributed by atoms with Crippen molar-refractivity contribution in [3.05, 3.63) is 17.6 Å². The fourth-order valence-electron chi connectivity index (χ4n) is 0.960. The topological polar surface area (TPSA) is 78.2 Å². The van der Waals surface area contributed by atoms with Crippen LogP contribution in [-0.2, 0) is 0 Å². The lowest BCUT2D eigenvalue weighted by molar-refractivity contribution is 1.08. The molecule has 0 aliphatic rings. The van der Waals surface area contributed by atoms with E-state index in [0.717, 1.165) is 5.69 Å². The van der Waals surface area contributed by atoms with Crippen LogP contribution in [0, 0.1) is 18.3 Å². The lowest BCUT2D eigenvalue weighted by Crippen LogP contribution is -1.85. The Morgan fingerprint density at radius 1 is 1.58 bits per heavy atom. The van der Waals surface area contributed by atoms with Crippen LogP contribution in [0.3, 0.4) is 0 Å². The number of fused-ring (bicyclic) bond motifs is 1. The van der Waals surface area contributed by atoms with Crippen molar-refractivity contribution in [2.24, 2.45) is 0 Å². The van der Waals surface area contributed by atoms with Gasteiger partial charge >= 0.3 is 0 Å². The highest BCUT2D eigenvalue weighted by Crippen LogP contribution is 2.09. The first-order valence-electron chi connectivity index (χ1n) is 3.39. The summed E-state index contributed by atoms with van der Waals surface area (Å²) < 4.78 is 0. The third-order valence-electron chi connectivity index (χ3n) is 1.50. The number of hydrogen-bond acceptors (Lipinski definition) is 4. The predicted molar refractivity (Wildman–Crippen MR) is 41.1 cm³/mol. The molecule has 0 radical (unpaired) electrons. The molecule has 0 saturated carbocycles. The maximum absolute atomic E-state index is 8.63. The normalized spacial score (nSPS) is 10.0. The van der Waals surface area contributed by atoms with Crippen molar-refractivity contribution >= 4 is 11.2 Å². The van der Waals surface area contributed by atoms with E-state index in [9.17, 15) is 0 Å². The Kier molecular flexibility index (Phi) is 1.27. The number of nitrogens with one attached hydrogen (secondary N) is 1. The molecule has 2 aromatic heterocycles. The van der Waals surface area contributed by atoms with Crippen LogP contribution in [0.1, 0.15) is 11.4 Å². The third kappa shape index (κ3) is 0.820.